The van der Waals surface area contributed by atoms with Crippen LogP contribution in [0, 0.1) is 0 Å². The lowest BCUT2D eigenvalue weighted by Crippen LogP contribution is -2.32. The molecule has 0 spiro atoms. The third kappa shape index (κ3) is 2.47. The number of nitrogens with zero attached hydrogens (tertiary/aromatic N) is 1. The van der Waals surface area contributed by atoms with Crippen LogP contribution in [0.5, 0.6) is 5.75 Å². The molecule has 1 fully saturated rings. The first-order valence-electron chi connectivity index (χ1n) is 8.24. The lowest BCUT2D eigenvalue weighted by molar-refractivity contribution is 0.0847. The van der Waals surface area contributed by atoms with Gasteiger partial charge in [-0.1, -0.05) is 24.3 Å². The topological polar surface area (TPSA) is 12.5 Å². The molecule has 2 nitrogen and oxygen atoms in total. The second kappa shape index (κ2) is 5.05. The molecule has 3 aliphatic heterocycles. The van der Waals surface area contributed by atoms with Gasteiger partial charge in [0.1, 0.15) is 11.4 Å². The van der Waals surface area contributed by atoms with E-state index in [1.165, 1.54) is 16.7 Å². The Morgan fingerprint density at radius 2 is 2.14 bits per heavy atom. The number of allylic oxidation sites excluding steroid dienone is 2. The van der Waals surface area contributed by atoms with Crippen LogP contribution in [0.2, 0.25) is 0 Å². The van der Waals surface area contributed by atoms with Crippen molar-refractivity contribution in [3.63, 3.8) is 0 Å². The molecule has 3 heterocycles. The number of ether oxygens (including phenoxy) is 1. The molecular formula is C20H23NO. The SMILES string of the molecule is CC1(C)CCc2cc(/C=C3\CCN4C=CC=CC34)ccc2O1. The van der Waals surface area contributed by atoms with E-state index < -0.39 is 0 Å². The highest BCUT2D eigenvalue weighted by Gasteiger charge is 2.27. The van der Waals surface area contributed by atoms with Crippen molar-refractivity contribution in [2.75, 3.05) is 6.54 Å². The van der Waals surface area contributed by atoms with Crippen molar-refractivity contribution < 1.29 is 4.74 Å². The fourth-order valence-corrected chi connectivity index (χ4v) is 3.63. The van der Waals surface area contributed by atoms with E-state index >= 15 is 0 Å². The number of aryl methyl sites for hydroxylation is 1. The van der Waals surface area contributed by atoms with Gasteiger partial charge < -0.3 is 9.64 Å². The summed E-state index contributed by atoms with van der Waals surface area (Å²) in [6, 6.07) is 7.10. The number of rotatable bonds is 1. The van der Waals surface area contributed by atoms with Crippen molar-refractivity contribution in [2.24, 2.45) is 0 Å². The summed E-state index contributed by atoms with van der Waals surface area (Å²) in [4.78, 5) is 2.41. The molecule has 1 atom stereocenters. The number of hydrogen-bond acceptors (Lipinski definition) is 2. The van der Waals surface area contributed by atoms with Crippen molar-refractivity contribution in [1.29, 1.82) is 0 Å². The standard InChI is InChI=1S/C20H23NO/c1-20(2)10-8-17-14-15(6-7-19(17)22-20)13-16-9-12-21-11-4-3-5-18(16)21/h3-7,11,13-14,18H,8-10,12H2,1-2H3/b16-13+. The monoisotopic (exact) mass is 293 g/mol. The highest BCUT2D eigenvalue weighted by atomic mass is 16.5. The largest absolute Gasteiger partial charge is 0.488 e. The molecule has 1 unspecified atom stereocenters. The molecule has 2 heteroatoms. The predicted molar refractivity (Wildman–Crippen MR) is 90.8 cm³/mol. The van der Waals surface area contributed by atoms with Crippen molar-refractivity contribution in [3.8, 4) is 5.75 Å². The first kappa shape index (κ1) is 13.7. The Hall–Kier alpha value is -1.96. The first-order valence-corrected chi connectivity index (χ1v) is 8.24. The maximum atomic E-state index is 6.08. The summed E-state index contributed by atoms with van der Waals surface area (Å²) in [5.41, 5.74) is 4.14. The Labute approximate surface area is 132 Å². The summed E-state index contributed by atoms with van der Waals surface area (Å²) in [7, 11) is 0. The summed E-state index contributed by atoms with van der Waals surface area (Å²) in [6.07, 6.45) is 14.5. The van der Waals surface area contributed by atoms with E-state index in [0.29, 0.717) is 6.04 Å². The van der Waals surface area contributed by atoms with Crippen LogP contribution in [0.15, 0.2) is 48.2 Å². The van der Waals surface area contributed by atoms with Gasteiger partial charge in [0.2, 0.25) is 0 Å². The molecular weight excluding hydrogens is 270 g/mol. The van der Waals surface area contributed by atoms with Gasteiger partial charge in [-0.05, 0) is 74.2 Å². The van der Waals surface area contributed by atoms with E-state index in [2.05, 4.69) is 67.5 Å². The van der Waals surface area contributed by atoms with Crippen LogP contribution in [0.4, 0.5) is 0 Å². The predicted octanol–water partition coefficient (Wildman–Crippen LogP) is 4.33. The highest BCUT2D eigenvalue weighted by Crippen LogP contribution is 2.35. The minimum atomic E-state index is -0.0296. The summed E-state index contributed by atoms with van der Waals surface area (Å²) >= 11 is 0. The molecule has 3 aliphatic rings. The molecule has 1 aromatic rings. The molecule has 22 heavy (non-hydrogen) atoms. The Bertz CT molecular complexity index is 681. The van der Waals surface area contributed by atoms with Crippen molar-refractivity contribution in [2.45, 2.75) is 44.8 Å². The molecule has 4 rings (SSSR count). The average Bonchev–Trinajstić information content (AvgIpc) is 2.90. The summed E-state index contributed by atoms with van der Waals surface area (Å²) in [5.74, 6) is 1.06. The molecule has 1 saturated heterocycles. The van der Waals surface area contributed by atoms with Crippen molar-refractivity contribution in [1.82, 2.24) is 4.90 Å². The summed E-state index contributed by atoms with van der Waals surface area (Å²) < 4.78 is 6.08. The highest BCUT2D eigenvalue weighted by molar-refractivity contribution is 5.59. The van der Waals surface area contributed by atoms with Crippen LogP contribution in [-0.2, 0) is 6.42 Å². The lowest BCUT2D eigenvalue weighted by Gasteiger charge is -2.32. The van der Waals surface area contributed by atoms with Crippen LogP contribution in [-0.4, -0.2) is 23.1 Å². The second-order valence-electron chi connectivity index (χ2n) is 7.11. The van der Waals surface area contributed by atoms with E-state index in [4.69, 9.17) is 4.74 Å². The molecule has 0 saturated carbocycles. The normalized spacial score (nSPS) is 26.7. The van der Waals surface area contributed by atoms with Gasteiger partial charge in [-0.2, -0.15) is 0 Å². The lowest BCUT2D eigenvalue weighted by atomic mass is 9.92. The van der Waals surface area contributed by atoms with E-state index in [9.17, 15) is 0 Å². The Morgan fingerprint density at radius 1 is 1.23 bits per heavy atom. The van der Waals surface area contributed by atoms with E-state index in [1.807, 2.05) is 0 Å². The third-order valence-corrected chi connectivity index (χ3v) is 4.90. The molecule has 1 aromatic carbocycles. The number of fused-ring (bicyclic) bond motifs is 2. The van der Waals surface area contributed by atoms with Crippen LogP contribution in [0.25, 0.3) is 6.08 Å². The first-order chi connectivity index (χ1) is 10.6. The second-order valence-corrected chi connectivity index (χ2v) is 7.11. The van der Waals surface area contributed by atoms with Crippen LogP contribution in [0.1, 0.15) is 37.8 Å². The zero-order chi connectivity index (χ0) is 15.2. The summed E-state index contributed by atoms with van der Waals surface area (Å²) in [5, 5.41) is 0. The smallest absolute Gasteiger partial charge is 0.123 e. The van der Waals surface area contributed by atoms with Gasteiger partial charge in [0, 0.05) is 6.54 Å². The number of benzene rings is 1. The minimum absolute atomic E-state index is 0.0296. The fourth-order valence-electron chi connectivity index (χ4n) is 3.63. The number of hydrogen-bond donors (Lipinski definition) is 0. The Balaban J connectivity index is 1.61. The van der Waals surface area contributed by atoms with Gasteiger partial charge in [-0.25, -0.2) is 0 Å². The van der Waals surface area contributed by atoms with E-state index in [0.717, 1.165) is 31.6 Å². The molecule has 0 N–H and O–H groups in total. The zero-order valence-electron chi connectivity index (χ0n) is 13.4. The van der Waals surface area contributed by atoms with Crippen LogP contribution < -0.4 is 4.74 Å². The van der Waals surface area contributed by atoms with Crippen LogP contribution in [0.3, 0.4) is 0 Å². The van der Waals surface area contributed by atoms with Gasteiger partial charge in [0.25, 0.3) is 0 Å². The van der Waals surface area contributed by atoms with Gasteiger partial charge in [-0.15, -0.1) is 0 Å². The van der Waals surface area contributed by atoms with Crippen molar-refractivity contribution in [3.05, 3.63) is 59.3 Å². The molecule has 0 bridgehead atoms. The molecule has 0 amide bonds. The van der Waals surface area contributed by atoms with Gasteiger partial charge in [-0.3, -0.25) is 0 Å². The van der Waals surface area contributed by atoms with Crippen LogP contribution >= 0.6 is 0 Å². The minimum Gasteiger partial charge on any atom is -0.488 e. The molecule has 0 aromatic heterocycles. The quantitative estimate of drug-likeness (QED) is 0.764. The van der Waals surface area contributed by atoms with E-state index in [-0.39, 0.29) is 5.60 Å². The molecule has 0 radical (unpaired) electrons. The van der Waals surface area contributed by atoms with Crippen molar-refractivity contribution >= 4 is 6.08 Å². The molecule has 114 valence electrons. The Kier molecular flexibility index (Phi) is 3.14. The third-order valence-electron chi connectivity index (χ3n) is 4.90. The summed E-state index contributed by atoms with van der Waals surface area (Å²) in [6.45, 7) is 5.46. The fraction of sp³-hybridized carbons (Fsp3) is 0.400. The van der Waals surface area contributed by atoms with E-state index in [1.54, 1.807) is 0 Å². The average molecular weight is 293 g/mol. The van der Waals surface area contributed by atoms with Gasteiger partial charge in [0.05, 0.1) is 6.04 Å². The maximum Gasteiger partial charge on any atom is 0.123 e. The maximum absolute atomic E-state index is 6.08. The Morgan fingerprint density at radius 3 is 3.05 bits per heavy atom. The zero-order valence-corrected chi connectivity index (χ0v) is 13.4. The van der Waals surface area contributed by atoms with Gasteiger partial charge >= 0.3 is 0 Å². The molecule has 0 aliphatic carbocycles. The van der Waals surface area contributed by atoms with Gasteiger partial charge in [0.15, 0.2) is 0 Å².